The van der Waals surface area contributed by atoms with Crippen molar-refractivity contribution in [1.29, 1.82) is 0 Å². The van der Waals surface area contributed by atoms with Gasteiger partial charge in [0.1, 0.15) is 11.6 Å². The molecule has 2 nitrogen and oxygen atoms in total. The van der Waals surface area contributed by atoms with Crippen LogP contribution in [0.3, 0.4) is 0 Å². The van der Waals surface area contributed by atoms with E-state index in [0.29, 0.717) is 22.9 Å². The normalized spacial score (nSPS) is 10.5. The molecular formula is C15H15ClFNO. The zero-order valence-electron chi connectivity index (χ0n) is 10.8. The van der Waals surface area contributed by atoms with E-state index >= 15 is 0 Å². The molecule has 0 aliphatic heterocycles. The molecule has 0 saturated carbocycles. The Morgan fingerprint density at radius 2 is 2.00 bits per heavy atom. The molecule has 0 fully saturated rings. The fourth-order valence-corrected chi connectivity index (χ4v) is 2.20. The van der Waals surface area contributed by atoms with Crippen LogP contribution in [-0.4, -0.2) is 14.2 Å². The van der Waals surface area contributed by atoms with E-state index in [-0.39, 0.29) is 5.82 Å². The quantitative estimate of drug-likeness (QED) is 0.917. The molecule has 0 amide bonds. The number of halogens is 2. The van der Waals surface area contributed by atoms with Gasteiger partial charge in [0.15, 0.2) is 0 Å². The van der Waals surface area contributed by atoms with Crippen LogP contribution in [0.25, 0.3) is 11.1 Å². The van der Waals surface area contributed by atoms with E-state index in [2.05, 4.69) is 5.32 Å². The van der Waals surface area contributed by atoms with Crippen LogP contribution in [0, 0.1) is 5.82 Å². The first-order chi connectivity index (χ1) is 9.15. The zero-order chi connectivity index (χ0) is 13.8. The molecule has 0 saturated heterocycles. The second kappa shape index (κ2) is 6.04. The van der Waals surface area contributed by atoms with Gasteiger partial charge in [-0.3, -0.25) is 0 Å². The monoisotopic (exact) mass is 279 g/mol. The van der Waals surface area contributed by atoms with E-state index in [4.69, 9.17) is 16.3 Å². The van der Waals surface area contributed by atoms with Gasteiger partial charge in [0.25, 0.3) is 0 Å². The van der Waals surface area contributed by atoms with E-state index in [1.54, 1.807) is 13.2 Å². The molecule has 1 N–H and O–H groups in total. The lowest BCUT2D eigenvalue weighted by Gasteiger charge is -2.11. The lowest BCUT2D eigenvalue weighted by atomic mass is 10.0. The summed E-state index contributed by atoms with van der Waals surface area (Å²) in [5.74, 6) is 0.324. The third-order valence-corrected chi connectivity index (χ3v) is 3.24. The fraction of sp³-hybridized carbons (Fsp3) is 0.200. The molecule has 0 aromatic heterocycles. The highest BCUT2D eigenvalue weighted by Gasteiger charge is 2.09. The molecule has 2 aromatic carbocycles. The molecule has 0 bridgehead atoms. The van der Waals surface area contributed by atoms with Gasteiger partial charge in [-0.25, -0.2) is 4.39 Å². The molecule has 0 unspecified atom stereocenters. The van der Waals surface area contributed by atoms with Crippen LogP contribution in [0.15, 0.2) is 36.4 Å². The number of hydrogen-bond donors (Lipinski definition) is 1. The highest BCUT2D eigenvalue weighted by Crippen LogP contribution is 2.33. The van der Waals surface area contributed by atoms with Crippen LogP contribution in [0.2, 0.25) is 5.02 Å². The topological polar surface area (TPSA) is 21.3 Å². The number of nitrogens with one attached hydrogen (secondary N) is 1. The van der Waals surface area contributed by atoms with E-state index in [0.717, 1.165) is 11.1 Å². The number of methoxy groups -OCH3 is 1. The van der Waals surface area contributed by atoms with Crippen molar-refractivity contribution >= 4 is 11.6 Å². The fourth-order valence-electron chi connectivity index (χ4n) is 1.95. The summed E-state index contributed by atoms with van der Waals surface area (Å²) < 4.78 is 18.6. The summed E-state index contributed by atoms with van der Waals surface area (Å²) in [6, 6.07) is 10.1. The molecule has 2 rings (SSSR count). The van der Waals surface area contributed by atoms with Gasteiger partial charge >= 0.3 is 0 Å². The maximum Gasteiger partial charge on any atom is 0.126 e. The Labute approximate surface area is 117 Å². The van der Waals surface area contributed by atoms with Crippen LogP contribution in [-0.2, 0) is 6.54 Å². The summed E-state index contributed by atoms with van der Waals surface area (Å²) in [6.45, 7) is 0.694. The smallest absolute Gasteiger partial charge is 0.126 e. The van der Waals surface area contributed by atoms with Crippen molar-refractivity contribution in [2.24, 2.45) is 0 Å². The van der Waals surface area contributed by atoms with Crippen LogP contribution in [0.5, 0.6) is 5.75 Å². The van der Waals surface area contributed by atoms with Crippen molar-refractivity contribution in [1.82, 2.24) is 5.32 Å². The molecule has 2 aromatic rings. The first-order valence-electron chi connectivity index (χ1n) is 5.92. The van der Waals surface area contributed by atoms with Gasteiger partial charge in [-0.1, -0.05) is 23.7 Å². The molecule has 0 radical (unpaired) electrons. The summed E-state index contributed by atoms with van der Waals surface area (Å²) in [7, 11) is 3.42. The van der Waals surface area contributed by atoms with E-state index in [1.807, 2.05) is 25.2 Å². The molecule has 19 heavy (non-hydrogen) atoms. The minimum atomic E-state index is -0.300. The van der Waals surface area contributed by atoms with Gasteiger partial charge in [-0.2, -0.15) is 0 Å². The maximum absolute atomic E-state index is 13.4. The van der Waals surface area contributed by atoms with Crippen molar-refractivity contribution in [3.63, 3.8) is 0 Å². The van der Waals surface area contributed by atoms with Crippen LogP contribution >= 0.6 is 11.6 Å². The van der Waals surface area contributed by atoms with Gasteiger partial charge < -0.3 is 10.1 Å². The van der Waals surface area contributed by atoms with E-state index < -0.39 is 0 Å². The van der Waals surface area contributed by atoms with Gasteiger partial charge in [0.05, 0.1) is 7.11 Å². The van der Waals surface area contributed by atoms with Gasteiger partial charge in [-0.15, -0.1) is 0 Å². The number of hydrogen-bond acceptors (Lipinski definition) is 2. The third-order valence-electron chi connectivity index (χ3n) is 2.89. The summed E-state index contributed by atoms with van der Waals surface area (Å²) in [5, 5.41) is 3.70. The Morgan fingerprint density at radius 3 is 2.63 bits per heavy atom. The SMILES string of the molecule is CNCc1ccc(-c2cc(F)ccc2OC)cc1Cl. The molecule has 0 atom stereocenters. The Balaban J connectivity index is 2.47. The average Bonchev–Trinajstić information content (AvgIpc) is 2.41. The molecule has 4 heteroatoms. The first kappa shape index (κ1) is 13.8. The molecule has 100 valence electrons. The minimum Gasteiger partial charge on any atom is -0.496 e. The zero-order valence-corrected chi connectivity index (χ0v) is 11.6. The highest BCUT2D eigenvalue weighted by atomic mass is 35.5. The number of ether oxygens (including phenoxy) is 1. The van der Waals surface area contributed by atoms with Gasteiger partial charge in [0.2, 0.25) is 0 Å². The maximum atomic E-state index is 13.4. The Bertz CT molecular complexity index is 586. The van der Waals surface area contributed by atoms with Crippen molar-refractivity contribution in [2.75, 3.05) is 14.2 Å². The van der Waals surface area contributed by atoms with E-state index in [1.165, 1.54) is 12.1 Å². The summed E-state index contributed by atoms with van der Waals surface area (Å²) >= 11 is 6.22. The van der Waals surface area contributed by atoms with Crippen LogP contribution < -0.4 is 10.1 Å². The molecule has 0 heterocycles. The van der Waals surface area contributed by atoms with Gasteiger partial charge in [-0.05, 0) is 42.4 Å². The Morgan fingerprint density at radius 1 is 1.21 bits per heavy atom. The number of benzene rings is 2. The second-order valence-corrected chi connectivity index (χ2v) is 4.59. The summed E-state index contributed by atoms with van der Waals surface area (Å²) in [5.41, 5.74) is 2.53. The van der Waals surface area contributed by atoms with Crippen molar-refractivity contribution in [3.05, 3.63) is 52.8 Å². The molecule has 0 aliphatic carbocycles. The highest BCUT2D eigenvalue weighted by molar-refractivity contribution is 6.31. The van der Waals surface area contributed by atoms with Crippen LogP contribution in [0.4, 0.5) is 4.39 Å². The standard InChI is InChI=1S/C15H15ClFNO/c1-18-9-11-4-3-10(7-14(11)16)13-8-12(17)5-6-15(13)19-2/h3-8,18H,9H2,1-2H3. The van der Waals surface area contributed by atoms with Crippen molar-refractivity contribution in [2.45, 2.75) is 6.54 Å². The third kappa shape index (κ3) is 3.06. The largest absolute Gasteiger partial charge is 0.496 e. The molecule has 0 spiro atoms. The lowest BCUT2D eigenvalue weighted by Crippen LogP contribution is -2.05. The molecular weight excluding hydrogens is 265 g/mol. The summed E-state index contributed by atoms with van der Waals surface area (Å²) in [4.78, 5) is 0. The second-order valence-electron chi connectivity index (χ2n) is 4.18. The average molecular weight is 280 g/mol. The predicted molar refractivity (Wildman–Crippen MR) is 76.2 cm³/mol. The van der Waals surface area contributed by atoms with E-state index in [9.17, 15) is 4.39 Å². The van der Waals surface area contributed by atoms with Crippen molar-refractivity contribution < 1.29 is 9.13 Å². The Hall–Kier alpha value is -1.58. The number of rotatable bonds is 4. The molecule has 0 aliphatic rings. The Kier molecular flexibility index (Phi) is 4.40. The minimum absolute atomic E-state index is 0.300. The predicted octanol–water partition coefficient (Wildman–Crippen LogP) is 3.87. The van der Waals surface area contributed by atoms with Crippen LogP contribution in [0.1, 0.15) is 5.56 Å². The van der Waals surface area contributed by atoms with Crippen molar-refractivity contribution in [3.8, 4) is 16.9 Å². The first-order valence-corrected chi connectivity index (χ1v) is 6.30. The van der Waals surface area contributed by atoms with Gasteiger partial charge in [0, 0.05) is 17.1 Å². The summed E-state index contributed by atoms with van der Waals surface area (Å²) in [6.07, 6.45) is 0. The lowest BCUT2D eigenvalue weighted by molar-refractivity contribution is 0.415.